The Hall–Kier alpha value is -2.02. The highest BCUT2D eigenvalue weighted by atomic mass is 19.1. The van der Waals surface area contributed by atoms with E-state index in [9.17, 15) is 18.4 Å². The van der Waals surface area contributed by atoms with Gasteiger partial charge in [-0.3, -0.25) is 14.5 Å². The number of carbonyl (C=O) groups is 2. The molecule has 3 saturated carbocycles. The number of aliphatic carboxylic acids is 1. The fraction of sp³-hybridized carbons (Fsp3) is 0.619. The van der Waals surface area contributed by atoms with Crippen molar-refractivity contribution in [2.24, 2.45) is 5.92 Å². The van der Waals surface area contributed by atoms with Crippen molar-refractivity contribution in [3.05, 3.63) is 35.4 Å². The van der Waals surface area contributed by atoms with Crippen LogP contribution in [0, 0.1) is 17.6 Å². The molecule has 2 N–H and O–H groups in total. The number of amides is 1. The number of nitrogens with zero attached hydrogens (tertiary/aromatic N) is 1. The standard InChI is InChI=1S/C21H26F2N2O3/c22-16-3-1-4-17(23)19(16)21(7-2-8-21)20(28)24-14-9-15(10-14)25(12-18(26)27)11-13-5-6-13/h1,3-4,13-15H,2,5-12H2,(H,24,28)(H,26,27). The smallest absolute Gasteiger partial charge is 0.317 e. The van der Waals surface area contributed by atoms with Crippen LogP contribution in [0.1, 0.15) is 50.5 Å². The van der Waals surface area contributed by atoms with Crippen LogP contribution in [0.2, 0.25) is 0 Å². The van der Waals surface area contributed by atoms with Crippen molar-refractivity contribution in [1.82, 2.24) is 10.2 Å². The largest absolute Gasteiger partial charge is 0.480 e. The number of hydrogen-bond donors (Lipinski definition) is 2. The van der Waals surface area contributed by atoms with Gasteiger partial charge in [0.05, 0.1) is 12.0 Å². The third kappa shape index (κ3) is 3.64. The van der Waals surface area contributed by atoms with Crippen molar-refractivity contribution in [2.45, 2.75) is 62.4 Å². The molecule has 1 aromatic rings. The Morgan fingerprint density at radius 2 is 1.82 bits per heavy atom. The van der Waals surface area contributed by atoms with E-state index in [0.717, 1.165) is 25.8 Å². The predicted octanol–water partition coefficient (Wildman–Crippen LogP) is 2.83. The first kappa shape index (κ1) is 19.3. The van der Waals surface area contributed by atoms with E-state index in [1.165, 1.54) is 18.2 Å². The van der Waals surface area contributed by atoms with Crippen LogP contribution in [0.5, 0.6) is 0 Å². The molecule has 0 heterocycles. The molecule has 0 spiro atoms. The fourth-order valence-electron chi connectivity index (χ4n) is 4.55. The lowest BCUT2D eigenvalue weighted by Gasteiger charge is -2.46. The Balaban J connectivity index is 1.38. The summed E-state index contributed by atoms with van der Waals surface area (Å²) < 4.78 is 28.6. The van der Waals surface area contributed by atoms with Gasteiger partial charge >= 0.3 is 5.97 Å². The molecule has 28 heavy (non-hydrogen) atoms. The topological polar surface area (TPSA) is 69.6 Å². The van der Waals surface area contributed by atoms with E-state index in [4.69, 9.17) is 5.11 Å². The molecule has 0 aromatic heterocycles. The quantitative estimate of drug-likeness (QED) is 0.714. The maximum absolute atomic E-state index is 14.3. The number of carboxylic acids is 1. The SMILES string of the molecule is O=C(O)CN(CC1CC1)C1CC(NC(=O)C2(c3c(F)cccc3F)CCC2)C1. The van der Waals surface area contributed by atoms with Crippen LogP contribution in [-0.4, -0.2) is 47.1 Å². The van der Waals surface area contributed by atoms with Gasteiger partial charge in [0.2, 0.25) is 5.91 Å². The maximum atomic E-state index is 14.3. The van der Waals surface area contributed by atoms with Crippen LogP contribution in [-0.2, 0) is 15.0 Å². The van der Waals surface area contributed by atoms with Crippen LogP contribution < -0.4 is 5.32 Å². The number of carboxylic acid groups (broad SMARTS) is 1. The van der Waals surface area contributed by atoms with Crippen molar-refractivity contribution < 1.29 is 23.5 Å². The molecule has 3 aliphatic carbocycles. The molecule has 0 atom stereocenters. The van der Waals surface area contributed by atoms with E-state index in [-0.39, 0.29) is 30.1 Å². The molecule has 0 aliphatic heterocycles. The summed E-state index contributed by atoms with van der Waals surface area (Å²) in [6, 6.07) is 3.79. The molecule has 5 nitrogen and oxygen atoms in total. The average Bonchev–Trinajstić information content (AvgIpc) is 3.35. The number of nitrogens with one attached hydrogen (secondary N) is 1. The summed E-state index contributed by atoms with van der Waals surface area (Å²) >= 11 is 0. The number of rotatable bonds is 8. The van der Waals surface area contributed by atoms with E-state index in [0.29, 0.717) is 31.6 Å². The molecule has 3 aliphatic rings. The lowest BCUT2D eigenvalue weighted by Crippen LogP contribution is -2.59. The molecular formula is C21H26F2N2O3. The number of benzene rings is 1. The summed E-state index contributed by atoms with van der Waals surface area (Å²) in [5.74, 6) is -1.89. The molecule has 152 valence electrons. The van der Waals surface area contributed by atoms with E-state index in [2.05, 4.69) is 5.32 Å². The second kappa shape index (κ2) is 7.43. The first-order chi connectivity index (χ1) is 13.4. The molecule has 0 bridgehead atoms. The van der Waals surface area contributed by atoms with Gasteiger partial charge in [-0.25, -0.2) is 8.78 Å². The molecular weight excluding hydrogens is 366 g/mol. The summed E-state index contributed by atoms with van der Waals surface area (Å²) in [7, 11) is 0. The second-order valence-electron chi connectivity index (χ2n) is 8.59. The van der Waals surface area contributed by atoms with Crippen LogP contribution in [0.15, 0.2) is 18.2 Å². The summed E-state index contributed by atoms with van der Waals surface area (Å²) in [5.41, 5.74) is -1.23. The van der Waals surface area contributed by atoms with Gasteiger partial charge in [0.25, 0.3) is 0 Å². The Kier molecular flexibility index (Phi) is 5.12. The van der Waals surface area contributed by atoms with Crippen LogP contribution >= 0.6 is 0 Å². The predicted molar refractivity (Wildman–Crippen MR) is 98.8 cm³/mol. The van der Waals surface area contributed by atoms with E-state index < -0.39 is 23.0 Å². The molecule has 7 heteroatoms. The molecule has 3 fully saturated rings. The number of halogens is 2. The molecule has 1 aromatic carbocycles. The summed E-state index contributed by atoms with van der Waals surface area (Å²) in [4.78, 5) is 26.1. The highest BCUT2D eigenvalue weighted by Crippen LogP contribution is 2.46. The first-order valence-electron chi connectivity index (χ1n) is 10.1. The molecule has 0 saturated heterocycles. The zero-order chi connectivity index (χ0) is 19.9. The molecule has 4 rings (SSSR count). The monoisotopic (exact) mass is 392 g/mol. The van der Waals surface area contributed by atoms with Gasteiger partial charge in [-0.05, 0) is 56.6 Å². The van der Waals surface area contributed by atoms with Crippen molar-refractivity contribution in [1.29, 1.82) is 0 Å². The van der Waals surface area contributed by atoms with Gasteiger partial charge in [-0.1, -0.05) is 12.5 Å². The number of hydrogen-bond acceptors (Lipinski definition) is 3. The van der Waals surface area contributed by atoms with Crippen LogP contribution in [0.4, 0.5) is 8.78 Å². The van der Waals surface area contributed by atoms with Crippen molar-refractivity contribution in [2.75, 3.05) is 13.1 Å². The Morgan fingerprint density at radius 1 is 1.18 bits per heavy atom. The van der Waals surface area contributed by atoms with Gasteiger partial charge in [0.15, 0.2) is 0 Å². The van der Waals surface area contributed by atoms with Gasteiger partial charge in [-0.15, -0.1) is 0 Å². The van der Waals surface area contributed by atoms with Gasteiger partial charge in [0.1, 0.15) is 11.6 Å². The fourth-order valence-corrected chi connectivity index (χ4v) is 4.55. The van der Waals surface area contributed by atoms with E-state index in [1.54, 1.807) is 0 Å². The zero-order valence-electron chi connectivity index (χ0n) is 15.8. The van der Waals surface area contributed by atoms with Crippen molar-refractivity contribution in [3.63, 3.8) is 0 Å². The third-order valence-corrected chi connectivity index (χ3v) is 6.58. The Morgan fingerprint density at radius 3 is 2.32 bits per heavy atom. The minimum Gasteiger partial charge on any atom is -0.480 e. The lowest BCUT2D eigenvalue weighted by atomic mass is 9.63. The minimum absolute atomic E-state index is 0.0200. The molecule has 0 unspecified atom stereocenters. The number of carbonyl (C=O) groups excluding carboxylic acids is 1. The second-order valence-corrected chi connectivity index (χ2v) is 8.59. The average molecular weight is 392 g/mol. The zero-order valence-corrected chi connectivity index (χ0v) is 15.8. The van der Waals surface area contributed by atoms with E-state index >= 15 is 0 Å². The van der Waals surface area contributed by atoms with Gasteiger partial charge in [0, 0.05) is 24.2 Å². The van der Waals surface area contributed by atoms with Crippen LogP contribution in [0.3, 0.4) is 0 Å². The van der Waals surface area contributed by atoms with Crippen molar-refractivity contribution >= 4 is 11.9 Å². The summed E-state index contributed by atoms with van der Waals surface area (Å²) in [5, 5.41) is 12.1. The lowest BCUT2D eigenvalue weighted by molar-refractivity contribution is -0.140. The van der Waals surface area contributed by atoms with Gasteiger partial charge < -0.3 is 10.4 Å². The van der Waals surface area contributed by atoms with E-state index in [1.807, 2.05) is 4.90 Å². The highest BCUT2D eigenvalue weighted by molar-refractivity contribution is 5.89. The third-order valence-electron chi connectivity index (χ3n) is 6.58. The Labute approximate surface area is 163 Å². The molecule has 0 radical (unpaired) electrons. The molecule has 1 amide bonds. The first-order valence-corrected chi connectivity index (χ1v) is 10.1. The van der Waals surface area contributed by atoms with Gasteiger partial charge in [-0.2, -0.15) is 0 Å². The summed E-state index contributed by atoms with van der Waals surface area (Å²) in [6.07, 6.45) is 5.32. The van der Waals surface area contributed by atoms with Crippen LogP contribution in [0.25, 0.3) is 0 Å². The highest BCUT2D eigenvalue weighted by Gasteiger charge is 2.50. The maximum Gasteiger partial charge on any atom is 0.317 e. The Bertz CT molecular complexity index is 751. The minimum atomic E-state index is -1.12. The normalized spacial score (nSPS) is 25.7. The summed E-state index contributed by atoms with van der Waals surface area (Å²) in [6.45, 7) is 0.814. The van der Waals surface area contributed by atoms with Crippen molar-refractivity contribution in [3.8, 4) is 0 Å².